The molecule has 0 spiro atoms. The van der Waals surface area contributed by atoms with Crippen LogP contribution in [0.1, 0.15) is 20.3 Å². The van der Waals surface area contributed by atoms with Gasteiger partial charge in [0.05, 0.1) is 6.61 Å². The van der Waals surface area contributed by atoms with Gasteiger partial charge in [-0.3, -0.25) is 4.57 Å². The second kappa shape index (κ2) is 7.92. The van der Waals surface area contributed by atoms with E-state index in [0.717, 1.165) is 19.4 Å². The Morgan fingerprint density at radius 1 is 1.33 bits per heavy atom. The Hall–Kier alpha value is 0.730. The minimum atomic E-state index is -2.59. The first-order chi connectivity index (χ1) is 6.73. The molecular weight excluding hydrogens is 256 g/mol. The highest BCUT2D eigenvalue weighted by molar-refractivity contribution is 7.56. The van der Waals surface area contributed by atoms with E-state index in [0.29, 0.717) is 31.1 Å². The van der Waals surface area contributed by atoms with E-state index < -0.39 is 7.52 Å². The van der Waals surface area contributed by atoms with Gasteiger partial charge in [0.25, 0.3) is 7.52 Å². The van der Waals surface area contributed by atoms with Crippen LogP contribution in [-0.2, 0) is 9.09 Å². The lowest BCUT2D eigenvalue weighted by Gasteiger charge is -2.34. The summed E-state index contributed by atoms with van der Waals surface area (Å²) in [7, 11) is -2.59. The summed E-state index contributed by atoms with van der Waals surface area (Å²) in [6, 6.07) is 0. The van der Waals surface area contributed by atoms with Gasteiger partial charge < -0.3 is 4.52 Å². The maximum absolute atomic E-state index is 12.3. The van der Waals surface area contributed by atoms with Crippen molar-refractivity contribution in [2.75, 3.05) is 37.6 Å². The highest BCUT2D eigenvalue weighted by Crippen LogP contribution is 2.53. The van der Waals surface area contributed by atoms with Crippen LogP contribution < -0.4 is 0 Å². The Morgan fingerprint density at radius 3 is 2.67 bits per heavy atom. The fourth-order valence-electron chi connectivity index (χ4n) is 1.52. The molecule has 0 aliphatic carbocycles. The van der Waals surface area contributed by atoms with E-state index in [2.05, 4.69) is 0 Å². The van der Waals surface area contributed by atoms with E-state index in [-0.39, 0.29) is 7.43 Å². The van der Waals surface area contributed by atoms with Crippen LogP contribution in [0.4, 0.5) is 0 Å². The Kier molecular flexibility index (Phi) is 8.30. The summed E-state index contributed by atoms with van der Waals surface area (Å²) in [6.07, 6.45) is 2.22. The minimum Gasteiger partial charge on any atom is -0.317 e. The van der Waals surface area contributed by atoms with Gasteiger partial charge in [-0.1, -0.05) is 7.43 Å². The third kappa shape index (κ3) is 4.62. The van der Waals surface area contributed by atoms with Gasteiger partial charge in [0.15, 0.2) is 0 Å². The fraction of sp³-hybridized carbons (Fsp3) is 1.00. The van der Waals surface area contributed by atoms with Crippen molar-refractivity contribution in [3.8, 4) is 0 Å². The van der Waals surface area contributed by atoms with Crippen LogP contribution in [0.15, 0.2) is 0 Å². The summed E-state index contributed by atoms with van der Waals surface area (Å²) in [5.74, 6) is 1.02. The first-order valence-corrected chi connectivity index (χ1v) is 7.67. The molecule has 3 nitrogen and oxygen atoms in total. The van der Waals surface area contributed by atoms with E-state index in [1.807, 2.05) is 4.67 Å². The van der Waals surface area contributed by atoms with E-state index >= 15 is 0 Å². The standard InChI is InChI=1S/C8H16Cl2NO2P.CH4/c9-3-1-8-14(12)11(6-4-10)5-2-7-13-14;/h1-8H2;1H4. The van der Waals surface area contributed by atoms with E-state index in [4.69, 9.17) is 27.7 Å². The van der Waals surface area contributed by atoms with Crippen molar-refractivity contribution in [1.82, 2.24) is 4.67 Å². The number of hydrogen-bond acceptors (Lipinski definition) is 2. The molecule has 0 bridgehead atoms. The van der Waals surface area contributed by atoms with Gasteiger partial charge in [0.2, 0.25) is 0 Å². The Morgan fingerprint density at radius 2 is 2.07 bits per heavy atom. The van der Waals surface area contributed by atoms with Crippen LogP contribution in [-0.4, -0.2) is 42.3 Å². The molecule has 15 heavy (non-hydrogen) atoms. The van der Waals surface area contributed by atoms with Gasteiger partial charge in [-0.2, -0.15) is 0 Å². The fourth-order valence-corrected chi connectivity index (χ4v) is 4.56. The van der Waals surface area contributed by atoms with Crippen molar-refractivity contribution in [2.24, 2.45) is 0 Å². The zero-order valence-corrected chi connectivity index (χ0v) is 10.5. The van der Waals surface area contributed by atoms with Crippen molar-refractivity contribution in [3.63, 3.8) is 0 Å². The third-order valence-corrected chi connectivity index (χ3v) is 5.37. The molecule has 0 saturated carbocycles. The smallest absolute Gasteiger partial charge is 0.272 e. The van der Waals surface area contributed by atoms with Crippen LogP contribution >= 0.6 is 30.7 Å². The number of alkyl halides is 2. The summed E-state index contributed by atoms with van der Waals surface area (Å²) in [4.78, 5) is 0. The lowest BCUT2D eigenvalue weighted by atomic mass is 10.4. The normalized spacial score (nSPS) is 27.3. The van der Waals surface area contributed by atoms with E-state index in [1.54, 1.807) is 0 Å². The van der Waals surface area contributed by atoms with Crippen molar-refractivity contribution >= 4 is 30.7 Å². The van der Waals surface area contributed by atoms with Crippen LogP contribution in [0, 0.1) is 0 Å². The predicted octanol–water partition coefficient (Wildman–Crippen LogP) is 3.41. The molecule has 1 atom stereocenters. The average Bonchev–Trinajstić information content (AvgIpc) is 2.19. The molecule has 0 N–H and O–H groups in total. The number of hydrogen-bond donors (Lipinski definition) is 0. The van der Waals surface area contributed by atoms with Gasteiger partial charge in [-0.05, 0) is 12.8 Å². The summed E-state index contributed by atoms with van der Waals surface area (Å²) >= 11 is 11.2. The molecule has 0 radical (unpaired) electrons. The summed E-state index contributed by atoms with van der Waals surface area (Å²) < 4.78 is 19.6. The zero-order valence-electron chi connectivity index (χ0n) is 8.12. The van der Waals surface area contributed by atoms with Gasteiger partial charge in [-0.15, -0.1) is 23.2 Å². The monoisotopic (exact) mass is 275 g/mol. The van der Waals surface area contributed by atoms with Crippen molar-refractivity contribution in [1.29, 1.82) is 0 Å². The lowest BCUT2D eigenvalue weighted by molar-refractivity contribution is 0.210. The minimum absolute atomic E-state index is 0. The Labute approximate surface area is 103 Å². The van der Waals surface area contributed by atoms with Gasteiger partial charge in [0.1, 0.15) is 0 Å². The van der Waals surface area contributed by atoms with E-state index in [1.165, 1.54) is 0 Å². The number of nitrogens with zero attached hydrogens (tertiary/aromatic N) is 1. The first-order valence-electron chi connectivity index (χ1n) is 4.84. The first kappa shape index (κ1) is 15.7. The van der Waals surface area contributed by atoms with Gasteiger partial charge in [-0.25, -0.2) is 4.67 Å². The molecule has 6 heteroatoms. The molecule has 1 unspecified atom stereocenters. The highest BCUT2D eigenvalue weighted by atomic mass is 35.5. The maximum atomic E-state index is 12.3. The molecule has 0 amide bonds. The largest absolute Gasteiger partial charge is 0.317 e. The van der Waals surface area contributed by atoms with Crippen LogP contribution in [0.2, 0.25) is 0 Å². The summed E-state index contributed by atoms with van der Waals surface area (Å²) in [5, 5.41) is 0. The topological polar surface area (TPSA) is 29.5 Å². The zero-order chi connectivity index (χ0) is 10.4. The van der Waals surface area contributed by atoms with Crippen LogP contribution in [0.5, 0.6) is 0 Å². The SMILES string of the molecule is C.O=P1(CCCCl)OCCCN1CCCl. The molecule has 1 heterocycles. The maximum Gasteiger partial charge on any atom is 0.272 e. The lowest BCUT2D eigenvalue weighted by Crippen LogP contribution is -2.31. The molecule has 1 fully saturated rings. The third-order valence-electron chi connectivity index (χ3n) is 2.20. The second-order valence-corrected chi connectivity index (χ2v) is 6.53. The summed E-state index contributed by atoms with van der Waals surface area (Å²) in [5.41, 5.74) is 0. The molecule has 0 aromatic rings. The molecule has 0 aromatic carbocycles. The highest BCUT2D eigenvalue weighted by Gasteiger charge is 2.33. The van der Waals surface area contributed by atoms with Gasteiger partial charge >= 0.3 is 0 Å². The average molecular weight is 276 g/mol. The Balaban J connectivity index is 0.00000196. The Bertz CT molecular complexity index is 214. The van der Waals surface area contributed by atoms with Gasteiger partial charge in [0, 0.05) is 31.0 Å². The molecule has 1 aliphatic heterocycles. The van der Waals surface area contributed by atoms with E-state index in [9.17, 15) is 4.57 Å². The molecular formula is C9H20Cl2NO2P. The predicted molar refractivity (Wildman–Crippen MR) is 67.4 cm³/mol. The number of halogens is 2. The summed E-state index contributed by atoms with van der Waals surface area (Å²) in [6.45, 7) is 2.06. The number of rotatable bonds is 5. The van der Waals surface area contributed by atoms with Crippen LogP contribution in [0.25, 0.3) is 0 Å². The van der Waals surface area contributed by atoms with Crippen molar-refractivity contribution < 1.29 is 9.09 Å². The second-order valence-electron chi connectivity index (χ2n) is 3.23. The van der Waals surface area contributed by atoms with Crippen LogP contribution in [0.3, 0.4) is 0 Å². The molecule has 1 saturated heterocycles. The molecule has 1 rings (SSSR count). The molecule has 92 valence electrons. The van der Waals surface area contributed by atoms with Crippen molar-refractivity contribution in [3.05, 3.63) is 0 Å². The van der Waals surface area contributed by atoms with Crippen molar-refractivity contribution in [2.45, 2.75) is 20.3 Å². The molecule has 1 aliphatic rings. The molecule has 0 aromatic heterocycles. The quantitative estimate of drug-likeness (QED) is 0.569.